The molecule has 0 bridgehead atoms. The van der Waals surface area contributed by atoms with Gasteiger partial charge in [0, 0.05) is 12.8 Å². The second-order valence-corrected chi connectivity index (χ2v) is 6.77. The van der Waals surface area contributed by atoms with E-state index in [1.807, 2.05) is 24.3 Å². The summed E-state index contributed by atoms with van der Waals surface area (Å²) in [4.78, 5) is 24.5. The molecule has 0 radical (unpaired) electrons. The van der Waals surface area contributed by atoms with Crippen LogP contribution in [-0.4, -0.2) is 33.3 Å². The van der Waals surface area contributed by atoms with Crippen molar-refractivity contribution in [2.45, 2.75) is 31.4 Å². The number of hydroxylamine groups is 1. The van der Waals surface area contributed by atoms with Gasteiger partial charge in [-0.25, -0.2) is 5.48 Å². The minimum atomic E-state index is -0.765. The van der Waals surface area contributed by atoms with E-state index in [2.05, 4.69) is 5.32 Å². The second kappa shape index (κ2) is 8.20. The zero-order chi connectivity index (χ0) is 19.4. The Balaban J connectivity index is 1.77. The lowest BCUT2D eigenvalue weighted by atomic mass is 9.94. The number of hydrogen-bond acceptors (Lipinski definition) is 5. The number of hydrogen-bond donors (Lipinski definition) is 5. The van der Waals surface area contributed by atoms with E-state index in [0.717, 1.165) is 11.1 Å². The van der Waals surface area contributed by atoms with E-state index in [4.69, 9.17) is 5.21 Å². The van der Waals surface area contributed by atoms with E-state index in [9.17, 15) is 19.8 Å². The van der Waals surface area contributed by atoms with Crippen LogP contribution in [0.15, 0.2) is 48.5 Å². The van der Waals surface area contributed by atoms with E-state index in [1.165, 1.54) is 12.1 Å². The molecular weight excluding hydrogens is 348 g/mol. The number of benzene rings is 2. The number of rotatable bonds is 6. The Morgan fingerprint density at radius 3 is 2.67 bits per heavy atom. The van der Waals surface area contributed by atoms with Crippen LogP contribution in [0.25, 0.3) is 0 Å². The van der Waals surface area contributed by atoms with Crippen molar-refractivity contribution < 1.29 is 25.0 Å². The first-order valence-electron chi connectivity index (χ1n) is 8.75. The Bertz CT molecular complexity index is 839. The predicted molar refractivity (Wildman–Crippen MR) is 96.9 cm³/mol. The number of aliphatic hydroxyl groups is 1. The van der Waals surface area contributed by atoms with Crippen molar-refractivity contribution in [1.29, 1.82) is 0 Å². The molecule has 1 aliphatic rings. The lowest BCUT2D eigenvalue weighted by molar-refractivity contribution is -0.135. The van der Waals surface area contributed by atoms with Crippen LogP contribution in [0.3, 0.4) is 0 Å². The smallest absolute Gasteiger partial charge is 0.244 e. The summed E-state index contributed by atoms with van der Waals surface area (Å²) in [5.41, 5.74) is 4.08. The fraction of sp³-hybridized carbons (Fsp3) is 0.300. The molecule has 0 heterocycles. The van der Waals surface area contributed by atoms with Crippen LogP contribution in [0, 0.1) is 5.92 Å². The molecule has 1 aliphatic carbocycles. The largest absolute Gasteiger partial charge is 0.508 e. The van der Waals surface area contributed by atoms with Crippen LogP contribution < -0.4 is 10.8 Å². The topological polar surface area (TPSA) is 119 Å². The summed E-state index contributed by atoms with van der Waals surface area (Å²) in [6.07, 6.45) is -0.296. The van der Waals surface area contributed by atoms with Gasteiger partial charge in [0.1, 0.15) is 5.75 Å². The molecule has 0 spiro atoms. The normalized spacial score (nSPS) is 19.2. The number of phenolic OH excluding ortho intramolecular Hbond substituents is 1. The van der Waals surface area contributed by atoms with Crippen LogP contribution in [0.2, 0.25) is 0 Å². The van der Waals surface area contributed by atoms with E-state index >= 15 is 0 Å². The molecule has 27 heavy (non-hydrogen) atoms. The zero-order valence-corrected chi connectivity index (χ0v) is 14.6. The number of nitrogens with one attached hydrogen (secondary N) is 2. The van der Waals surface area contributed by atoms with Gasteiger partial charge in [-0.05, 0) is 35.2 Å². The second-order valence-electron chi connectivity index (χ2n) is 6.77. The third kappa shape index (κ3) is 4.45. The van der Waals surface area contributed by atoms with Gasteiger partial charge in [-0.15, -0.1) is 0 Å². The summed E-state index contributed by atoms with van der Waals surface area (Å²) in [5.74, 6) is -1.78. The lowest BCUT2D eigenvalue weighted by Gasteiger charge is -2.22. The summed E-state index contributed by atoms with van der Waals surface area (Å²) in [6, 6.07) is 13.4. The molecule has 0 aromatic heterocycles. The van der Waals surface area contributed by atoms with Crippen molar-refractivity contribution >= 4 is 11.8 Å². The highest BCUT2D eigenvalue weighted by Crippen LogP contribution is 2.31. The number of amides is 2. The number of aromatic hydroxyl groups is 1. The van der Waals surface area contributed by atoms with Crippen molar-refractivity contribution in [2.75, 3.05) is 0 Å². The summed E-state index contributed by atoms with van der Waals surface area (Å²) >= 11 is 0. The lowest BCUT2D eigenvalue weighted by Crippen LogP contribution is -2.40. The first-order chi connectivity index (χ1) is 13.0. The van der Waals surface area contributed by atoms with E-state index < -0.39 is 29.9 Å². The van der Waals surface area contributed by atoms with Crippen molar-refractivity contribution in [2.24, 2.45) is 5.92 Å². The van der Waals surface area contributed by atoms with Gasteiger partial charge in [0.2, 0.25) is 11.8 Å². The first kappa shape index (κ1) is 18.9. The monoisotopic (exact) mass is 370 g/mol. The maximum atomic E-state index is 12.8. The summed E-state index contributed by atoms with van der Waals surface area (Å²) in [7, 11) is 0. The van der Waals surface area contributed by atoms with Crippen LogP contribution in [-0.2, 0) is 22.4 Å². The number of carbonyl (C=O) groups is 2. The Morgan fingerprint density at radius 1 is 1.15 bits per heavy atom. The van der Waals surface area contributed by atoms with Crippen molar-refractivity contribution in [3.8, 4) is 5.75 Å². The third-order valence-corrected chi connectivity index (χ3v) is 4.82. The molecule has 0 saturated carbocycles. The van der Waals surface area contributed by atoms with Crippen LogP contribution >= 0.6 is 0 Å². The Hall–Kier alpha value is -2.90. The molecule has 0 saturated heterocycles. The Morgan fingerprint density at radius 2 is 1.93 bits per heavy atom. The fourth-order valence-corrected chi connectivity index (χ4v) is 3.51. The zero-order valence-electron chi connectivity index (χ0n) is 14.6. The predicted octanol–water partition coefficient (Wildman–Crippen LogP) is 1.22. The van der Waals surface area contributed by atoms with Gasteiger partial charge in [-0.3, -0.25) is 14.8 Å². The number of carbonyl (C=O) groups excluding carboxylic acids is 2. The highest BCUT2D eigenvalue weighted by atomic mass is 16.5. The van der Waals surface area contributed by atoms with Crippen LogP contribution in [0.1, 0.15) is 29.2 Å². The fourth-order valence-electron chi connectivity index (χ4n) is 3.51. The maximum absolute atomic E-state index is 12.8. The molecule has 5 N–H and O–H groups in total. The maximum Gasteiger partial charge on any atom is 0.244 e. The van der Waals surface area contributed by atoms with Gasteiger partial charge < -0.3 is 15.5 Å². The van der Waals surface area contributed by atoms with E-state index in [0.29, 0.717) is 12.0 Å². The summed E-state index contributed by atoms with van der Waals surface area (Å²) in [5, 5.41) is 31.6. The molecule has 2 aromatic rings. The molecule has 2 aromatic carbocycles. The first-order valence-corrected chi connectivity index (χ1v) is 8.75. The number of phenols is 1. The Labute approximate surface area is 156 Å². The molecule has 0 fully saturated rings. The molecule has 0 aliphatic heterocycles. The molecular formula is C20H22N2O5. The van der Waals surface area contributed by atoms with E-state index in [1.54, 1.807) is 17.6 Å². The Kier molecular flexibility index (Phi) is 5.73. The molecule has 3 rings (SSSR count). The average molecular weight is 370 g/mol. The molecule has 3 atom stereocenters. The minimum absolute atomic E-state index is 0.0680. The van der Waals surface area contributed by atoms with E-state index in [-0.39, 0.29) is 18.6 Å². The van der Waals surface area contributed by atoms with Crippen LogP contribution in [0.4, 0.5) is 0 Å². The summed E-state index contributed by atoms with van der Waals surface area (Å²) in [6.45, 7) is 0. The molecule has 142 valence electrons. The molecule has 7 nitrogen and oxygen atoms in total. The standard InChI is InChI=1S/C20H22N2O5/c23-15-6-3-4-12(9-15)8-14(11-18(25)22-27)20(26)21-19-16-7-2-1-5-13(16)10-17(19)24/h1-7,9,14,17,19,23-24,27H,8,10-11H2,(H,21,26)(H,22,25)/t14-,17+,19-/m0/s1. The van der Waals surface area contributed by atoms with Crippen LogP contribution in [0.5, 0.6) is 5.75 Å². The molecule has 0 unspecified atom stereocenters. The third-order valence-electron chi connectivity index (χ3n) is 4.82. The van der Waals surface area contributed by atoms with Crippen molar-refractivity contribution in [3.05, 3.63) is 65.2 Å². The summed E-state index contributed by atoms with van der Waals surface area (Å²) < 4.78 is 0. The minimum Gasteiger partial charge on any atom is -0.508 e. The van der Waals surface area contributed by atoms with Gasteiger partial charge >= 0.3 is 0 Å². The highest BCUT2D eigenvalue weighted by Gasteiger charge is 2.34. The van der Waals surface area contributed by atoms with Gasteiger partial charge in [0.05, 0.1) is 18.1 Å². The highest BCUT2D eigenvalue weighted by molar-refractivity contribution is 5.86. The van der Waals surface area contributed by atoms with Gasteiger partial charge in [-0.1, -0.05) is 36.4 Å². The quantitative estimate of drug-likeness (QED) is 0.387. The van der Waals surface area contributed by atoms with Gasteiger partial charge in [0.25, 0.3) is 0 Å². The number of aliphatic hydroxyl groups excluding tert-OH is 1. The molecule has 2 amide bonds. The van der Waals surface area contributed by atoms with Gasteiger partial charge in [0.15, 0.2) is 0 Å². The average Bonchev–Trinajstić information content (AvgIpc) is 2.96. The van der Waals surface area contributed by atoms with Crippen molar-refractivity contribution in [1.82, 2.24) is 10.8 Å². The van der Waals surface area contributed by atoms with Gasteiger partial charge in [-0.2, -0.15) is 0 Å². The van der Waals surface area contributed by atoms with Crippen molar-refractivity contribution in [3.63, 3.8) is 0 Å². The number of fused-ring (bicyclic) bond motifs is 1. The molecule has 7 heteroatoms. The SMILES string of the molecule is O=C(C[C@H](Cc1cccc(O)c1)C(=O)N[C@H]1c2ccccc2C[C@H]1O)NO.